The molecule has 0 aliphatic heterocycles. The zero-order chi connectivity index (χ0) is 23.8. The number of carbonyl (C=O) groups excluding carboxylic acids is 1. The molecule has 3 N–H and O–H groups in total. The van der Waals surface area contributed by atoms with Crippen molar-refractivity contribution in [1.82, 2.24) is 10.1 Å². The second-order valence-corrected chi connectivity index (χ2v) is 9.25. The summed E-state index contributed by atoms with van der Waals surface area (Å²) in [5.41, 5.74) is 6.64. The molecule has 4 rings (SSSR count). The predicted molar refractivity (Wildman–Crippen MR) is 134 cm³/mol. The van der Waals surface area contributed by atoms with E-state index in [2.05, 4.69) is 15.8 Å². The number of halogens is 1. The van der Waals surface area contributed by atoms with Gasteiger partial charge in [0.25, 0.3) is 0 Å². The normalized spacial score (nSPS) is 13.7. The highest BCUT2D eigenvalue weighted by Crippen LogP contribution is 2.43. The van der Waals surface area contributed by atoms with Gasteiger partial charge in [-0.2, -0.15) is 0 Å². The Bertz CT molecular complexity index is 1090. The van der Waals surface area contributed by atoms with Gasteiger partial charge in [-0.1, -0.05) is 17.7 Å². The molecule has 1 unspecified atom stereocenters. The maximum absolute atomic E-state index is 11.4. The third-order valence-corrected chi connectivity index (χ3v) is 7.14. The van der Waals surface area contributed by atoms with Crippen LogP contribution in [0.4, 0.5) is 0 Å². The molecule has 3 aromatic rings. The first-order valence-electron chi connectivity index (χ1n) is 10.7. The molecule has 0 radical (unpaired) electrons. The molecule has 1 fully saturated rings. The molecule has 0 bridgehead atoms. The minimum Gasteiger partial charge on any atom is -0.496 e. The lowest BCUT2D eigenvalue weighted by atomic mass is 10.1. The zero-order valence-electron chi connectivity index (χ0n) is 19.0. The average molecular weight is 490 g/mol. The number of nitrogens with one attached hydrogen (secondary N) is 1. The third-order valence-electron chi connectivity index (χ3n) is 4.94. The van der Waals surface area contributed by atoms with E-state index in [0.29, 0.717) is 46.0 Å². The van der Waals surface area contributed by atoms with Crippen molar-refractivity contribution < 1.29 is 18.8 Å². The van der Waals surface area contributed by atoms with Gasteiger partial charge in [0.15, 0.2) is 6.29 Å². The molecule has 1 aliphatic rings. The van der Waals surface area contributed by atoms with Crippen LogP contribution in [-0.2, 0) is 10.7 Å². The van der Waals surface area contributed by atoms with Crippen molar-refractivity contribution in [3.63, 3.8) is 0 Å². The van der Waals surface area contributed by atoms with Crippen molar-refractivity contribution in [2.75, 3.05) is 20.8 Å². The van der Waals surface area contributed by atoms with E-state index in [-0.39, 0.29) is 0 Å². The minimum atomic E-state index is -0.750. The van der Waals surface area contributed by atoms with Gasteiger partial charge >= 0.3 is 0 Å². The number of fused-ring (bicyclic) bond motifs is 1. The second-order valence-electron chi connectivity index (χ2n) is 7.25. The number of nitrogens with two attached hydrogens (primary N) is 1. The van der Waals surface area contributed by atoms with Crippen LogP contribution in [0.5, 0.6) is 17.2 Å². The topological polar surface area (TPSA) is 95.7 Å². The van der Waals surface area contributed by atoms with E-state index in [1.807, 2.05) is 25.1 Å². The molecule has 7 nitrogen and oxygen atoms in total. The Morgan fingerprint density at radius 1 is 1.21 bits per heavy atom. The molecule has 1 saturated carbocycles. The van der Waals surface area contributed by atoms with E-state index in [9.17, 15) is 4.79 Å². The Balaban J connectivity index is 0.00000149. The van der Waals surface area contributed by atoms with Crippen LogP contribution in [0, 0.1) is 0 Å². The summed E-state index contributed by atoms with van der Waals surface area (Å²) >= 11 is 6.57. The van der Waals surface area contributed by atoms with Gasteiger partial charge in [0.1, 0.15) is 25.5 Å². The molecule has 1 aliphatic carbocycles. The lowest BCUT2D eigenvalue weighted by Gasteiger charge is -2.19. The fraction of sp³-hybridized carbons (Fsp3) is 0.333. The number of rotatable bonds is 10. The van der Waals surface area contributed by atoms with Crippen LogP contribution in [0.1, 0.15) is 35.7 Å². The summed E-state index contributed by atoms with van der Waals surface area (Å²) in [4.78, 5) is 15.8. The van der Waals surface area contributed by atoms with Gasteiger partial charge in [0.2, 0.25) is 0 Å². The van der Waals surface area contributed by atoms with Crippen molar-refractivity contribution in [3.05, 3.63) is 58.7 Å². The van der Waals surface area contributed by atoms with Crippen LogP contribution < -0.4 is 20.3 Å². The van der Waals surface area contributed by atoms with Gasteiger partial charge in [-0.25, -0.2) is 0 Å². The minimum absolute atomic E-state index is 0.439. The van der Waals surface area contributed by atoms with Crippen LogP contribution in [-0.4, -0.2) is 38.1 Å². The highest BCUT2D eigenvalue weighted by Gasteiger charge is 2.25. The van der Waals surface area contributed by atoms with Crippen molar-refractivity contribution in [1.29, 1.82) is 0 Å². The standard InChI is InChI=1S/C23H24ClN2O4P.CH5N/c1-3-29-31(26-17-5-6-17)14-15-4-7-18(11-20(15)24)30-22-8-9-25-21-12-23(28-2)16(13-27)10-19(21)22;1-2/h4,7-13,17,26H,3,5-6,14H2,1-2H3;2H2,1H3. The Kier molecular flexibility index (Phi) is 9.41. The molecule has 2 aromatic carbocycles. The van der Waals surface area contributed by atoms with Crippen LogP contribution in [0.15, 0.2) is 42.6 Å². The Morgan fingerprint density at radius 3 is 2.64 bits per heavy atom. The number of benzene rings is 2. The van der Waals surface area contributed by atoms with Gasteiger partial charge in [-0.05, 0) is 56.6 Å². The van der Waals surface area contributed by atoms with E-state index in [1.54, 1.807) is 24.4 Å². The molecule has 1 heterocycles. The number of methoxy groups -OCH3 is 1. The van der Waals surface area contributed by atoms with Crippen molar-refractivity contribution in [3.8, 4) is 17.2 Å². The summed E-state index contributed by atoms with van der Waals surface area (Å²) in [5, 5.41) is 4.93. The number of hydrogen-bond donors (Lipinski definition) is 2. The summed E-state index contributed by atoms with van der Waals surface area (Å²) in [6.07, 6.45) is 5.59. The quantitative estimate of drug-likeness (QED) is 0.279. The molecule has 0 saturated heterocycles. The van der Waals surface area contributed by atoms with Crippen molar-refractivity contribution in [2.24, 2.45) is 5.73 Å². The fourth-order valence-corrected chi connectivity index (χ4v) is 5.37. The highest BCUT2D eigenvalue weighted by atomic mass is 35.5. The van der Waals surface area contributed by atoms with E-state index in [0.717, 1.165) is 23.4 Å². The van der Waals surface area contributed by atoms with E-state index in [4.69, 9.17) is 25.6 Å². The molecule has 0 spiro atoms. The summed E-state index contributed by atoms with van der Waals surface area (Å²) in [6, 6.07) is 11.5. The first kappa shape index (κ1) is 25.3. The number of ether oxygens (including phenoxy) is 2. The first-order chi connectivity index (χ1) is 16.1. The van der Waals surface area contributed by atoms with Gasteiger partial charge in [-0.15, -0.1) is 0 Å². The molecule has 1 aromatic heterocycles. The number of aldehydes is 1. The lowest BCUT2D eigenvalue weighted by molar-refractivity contribution is 0.112. The largest absolute Gasteiger partial charge is 0.496 e. The maximum atomic E-state index is 11.4. The van der Waals surface area contributed by atoms with Crippen LogP contribution in [0.2, 0.25) is 5.02 Å². The monoisotopic (exact) mass is 489 g/mol. The molecule has 176 valence electrons. The number of aromatic nitrogens is 1. The average Bonchev–Trinajstić information content (AvgIpc) is 3.65. The molecule has 0 amide bonds. The molecule has 33 heavy (non-hydrogen) atoms. The van der Waals surface area contributed by atoms with Crippen molar-refractivity contribution in [2.45, 2.75) is 32.0 Å². The van der Waals surface area contributed by atoms with Gasteiger partial charge in [-0.3, -0.25) is 14.9 Å². The van der Waals surface area contributed by atoms with Crippen LogP contribution in [0.3, 0.4) is 0 Å². The zero-order valence-corrected chi connectivity index (χ0v) is 20.7. The number of pyridine rings is 1. The smallest absolute Gasteiger partial charge is 0.153 e. The van der Waals surface area contributed by atoms with Gasteiger partial charge in [0.05, 0.1) is 18.2 Å². The summed E-state index contributed by atoms with van der Waals surface area (Å²) in [5.74, 6) is 1.68. The van der Waals surface area contributed by atoms with Crippen LogP contribution in [0.25, 0.3) is 10.9 Å². The van der Waals surface area contributed by atoms with E-state index < -0.39 is 8.30 Å². The number of nitrogens with zero attached hydrogens (tertiary/aromatic N) is 1. The van der Waals surface area contributed by atoms with E-state index >= 15 is 0 Å². The number of hydrogen-bond acceptors (Lipinski definition) is 7. The molecular formula is C24H29ClN3O4P. The lowest BCUT2D eigenvalue weighted by Crippen LogP contribution is -2.12. The maximum Gasteiger partial charge on any atom is 0.153 e. The Hall–Kier alpha value is -2.28. The summed E-state index contributed by atoms with van der Waals surface area (Å²) in [7, 11) is 2.27. The molecule has 9 heteroatoms. The molecule has 1 atom stereocenters. The van der Waals surface area contributed by atoms with E-state index in [1.165, 1.54) is 27.0 Å². The SMILES string of the molecule is CCOP(Cc1ccc(Oc2ccnc3cc(OC)c(C=O)cc23)cc1Cl)NC1CC1.CN. The van der Waals surface area contributed by atoms with Gasteiger partial charge < -0.3 is 19.7 Å². The Morgan fingerprint density at radius 2 is 2.00 bits per heavy atom. The highest BCUT2D eigenvalue weighted by molar-refractivity contribution is 7.49. The van der Waals surface area contributed by atoms with Crippen LogP contribution >= 0.6 is 19.9 Å². The molecular weight excluding hydrogens is 461 g/mol. The summed E-state index contributed by atoms with van der Waals surface area (Å²) in [6.45, 7) is 2.68. The second kappa shape index (κ2) is 12.3. The fourth-order valence-electron chi connectivity index (χ4n) is 3.22. The predicted octanol–water partition coefficient (Wildman–Crippen LogP) is 5.68. The third kappa shape index (κ3) is 6.62. The number of carbonyl (C=O) groups is 1. The van der Waals surface area contributed by atoms with Gasteiger partial charge in [0, 0.05) is 41.5 Å². The summed E-state index contributed by atoms with van der Waals surface area (Å²) < 4.78 is 17.3. The van der Waals surface area contributed by atoms with Crippen molar-refractivity contribution >= 4 is 37.1 Å². The Labute approximate surface area is 200 Å². The first-order valence-corrected chi connectivity index (χ1v) is 12.6.